The van der Waals surface area contributed by atoms with Crippen LogP contribution in [0.5, 0.6) is 0 Å². The van der Waals surface area contributed by atoms with Gasteiger partial charge < -0.3 is 19.5 Å². The zero-order valence-corrected chi connectivity index (χ0v) is 9.08. The molecular weight excluding hydrogens is 208 g/mol. The highest BCUT2D eigenvalue weighted by atomic mass is 16.5. The highest BCUT2D eigenvalue weighted by molar-refractivity contribution is 5.93. The number of ether oxygens (including phenoxy) is 1. The number of carbonyl (C=O) groups is 1. The van der Waals surface area contributed by atoms with E-state index in [-0.39, 0.29) is 5.97 Å². The first-order chi connectivity index (χ1) is 7.81. The van der Waals surface area contributed by atoms with Crippen LogP contribution in [0.15, 0.2) is 22.8 Å². The molecule has 0 spiro atoms. The maximum atomic E-state index is 11.6. The highest BCUT2D eigenvalue weighted by Crippen LogP contribution is 2.16. The standard InChI is InChI=1S/C11H14N2O3/c1-12-4-2-5-16-11(14)9-7-10-8(13-9)3-6-15-10/h3,6-7,12-13H,2,4-5H2,1H3. The molecule has 5 heteroatoms. The predicted octanol–water partition coefficient (Wildman–Crippen LogP) is 1.53. The second kappa shape index (κ2) is 4.85. The molecule has 0 aliphatic carbocycles. The Morgan fingerprint density at radius 1 is 1.62 bits per heavy atom. The van der Waals surface area contributed by atoms with Crippen LogP contribution in [0.25, 0.3) is 11.1 Å². The minimum atomic E-state index is -0.345. The topological polar surface area (TPSA) is 67.3 Å². The molecule has 2 N–H and O–H groups in total. The molecule has 16 heavy (non-hydrogen) atoms. The molecule has 0 atom stereocenters. The fourth-order valence-electron chi connectivity index (χ4n) is 1.45. The number of esters is 1. The summed E-state index contributed by atoms with van der Waals surface area (Å²) in [6.45, 7) is 1.25. The normalized spacial score (nSPS) is 10.8. The number of H-pyrrole nitrogens is 1. The van der Waals surface area contributed by atoms with Gasteiger partial charge in [0, 0.05) is 12.1 Å². The van der Waals surface area contributed by atoms with Crippen LogP contribution in [-0.4, -0.2) is 31.2 Å². The molecule has 0 aliphatic rings. The maximum absolute atomic E-state index is 11.6. The SMILES string of the molecule is CNCCCOC(=O)c1cc2occc2[nH]1. The Balaban J connectivity index is 1.92. The second-order valence-electron chi connectivity index (χ2n) is 3.47. The third kappa shape index (κ3) is 2.25. The first kappa shape index (κ1) is 10.8. The summed E-state index contributed by atoms with van der Waals surface area (Å²) in [6.07, 6.45) is 2.38. The lowest BCUT2D eigenvalue weighted by atomic mass is 10.4. The summed E-state index contributed by atoms with van der Waals surface area (Å²) in [5, 5.41) is 2.98. The van der Waals surface area contributed by atoms with Crippen LogP contribution in [0.3, 0.4) is 0 Å². The molecule has 2 aromatic rings. The molecule has 0 fully saturated rings. The third-order valence-electron chi connectivity index (χ3n) is 2.26. The average molecular weight is 222 g/mol. The molecule has 2 aromatic heterocycles. The Labute approximate surface area is 92.8 Å². The van der Waals surface area contributed by atoms with Crippen molar-refractivity contribution in [1.29, 1.82) is 0 Å². The summed E-state index contributed by atoms with van der Waals surface area (Å²) in [4.78, 5) is 14.5. The summed E-state index contributed by atoms with van der Waals surface area (Å²) >= 11 is 0. The number of aromatic nitrogens is 1. The number of carbonyl (C=O) groups excluding carboxylic acids is 1. The van der Waals surface area contributed by atoms with E-state index in [1.54, 1.807) is 18.4 Å². The number of aromatic amines is 1. The summed E-state index contributed by atoms with van der Waals surface area (Å²) in [6, 6.07) is 3.42. The van der Waals surface area contributed by atoms with Crippen LogP contribution in [0.1, 0.15) is 16.9 Å². The van der Waals surface area contributed by atoms with Crippen molar-refractivity contribution in [3.63, 3.8) is 0 Å². The van der Waals surface area contributed by atoms with Crippen molar-refractivity contribution in [2.45, 2.75) is 6.42 Å². The zero-order valence-electron chi connectivity index (χ0n) is 9.08. The van der Waals surface area contributed by atoms with Gasteiger partial charge in [0.05, 0.1) is 18.4 Å². The smallest absolute Gasteiger partial charge is 0.354 e. The van der Waals surface area contributed by atoms with Crippen LogP contribution < -0.4 is 5.32 Å². The molecule has 0 bridgehead atoms. The fourth-order valence-corrected chi connectivity index (χ4v) is 1.45. The van der Waals surface area contributed by atoms with Gasteiger partial charge >= 0.3 is 5.97 Å². The first-order valence-electron chi connectivity index (χ1n) is 5.19. The van der Waals surface area contributed by atoms with E-state index < -0.39 is 0 Å². The number of furan rings is 1. The molecule has 0 amide bonds. The van der Waals surface area contributed by atoms with E-state index >= 15 is 0 Å². The van der Waals surface area contributed by atoms with Crippen LogP contribution >= 0.6 is 0 Å². The van der Waals surface area contributed by atoms with E-state index in [1.165, 1.54) is 0 Å². The van der Waals surface area contributed by atoms with Gasteiger partial charge in [-0.2, -0.15) is 0 Å². The van der Waals surface area contributed by atoms with E-state index in [0.29, 0.717) is 17.9 Å². The quantitative estimate of drug-likeness (QED) is 0.594. The third-order valence-corrected chi connectivity index (χ3v) is 2.26. The molecule has 0 unspecified atom stereocenters. The molecule has 0 aliphatic heterocycles. The van der Waals surface area contributed by atoms with Gasteiger partial charge in [0.2, 0.25) is 0 Å². The molecule has 0 saturated heterocycles. The summed E-state index contributed by atoms with van der Waals surface area (Å²) in [7, 11) is 1.86. The number of hydrogen-bond donors (Lipinski definition) is 2. The van der Waals surface area contributed by atoms with Gasteiger partial charge in [-0.15, -0.1) is 0 Å². The number of nitrogens with one attached hydrogen (secondary N) is 2. The van der Waals surface area contributed by atoms with Crippen LogP contribution in [0.2, 0.25) is 0 Å². The van der Waals surface area contributed by atoms with Gasteiger partial charge in [0.25, 0.3) is 0 Å². The summed E-state index contributed by atoms with van der Waals surface area (Å²) in [5.41, 5.74) is 1.91. The van der Waals surface area contributed by atoms with E-state index in [9.17, 15) is 4.79 Å². The lowest BCUT2D eigenvalue weighted by Gasteiger charge is -2.02. The van der Waals surface area contributed by atoms with Crippen LogP contribution in [-0.2, 0) is 4.74 Å². The highest BCUT2D eigenvalue weighted by Gasteiger charge is 2.11. The lowest BCUT2D eigenvalue weighted by Crippen LogP contribution is -2.13. The summed E-state index contributed by atoms with van der Waals surface area (Å²) < 4.78 is 10.2. The first-order valence-corrected chi connectivity index (χ1v) is 5.19. The van der Waals surface area contributed by atoms with Gasteiger partial charge in [-0.25, -0.2) is 4.79 Å². The van der Waals surface area contributed by atoms with Gasteiger partial charge in [0.1, 0.15) is 5.69 Å². The Morgan fingerprint density at radius 2 is 2.50 bits per heavy atom. The van der Waals surface area contributed by atoms with E-state index in [2.05, 4.69) is 10.3 Å². The lowest BCUT2D eigenvalue weighted by molar-refractivity contribution is 0.0495. The fraction of sp³-hybridized carbons (Fsp3) is 0.364. The molecule has 0 radical (unpaired) electrons. The van der Waals surface area contributed by atoms with Crippen molar-refractivity contribution in [2.75, 3.05) is 20.2 Å². The summed E-state index contributed by atoms with van der Waals surface area (Å²) in [5.74, 6) is -0.345. The van der Waals surface area contributed by atoms with Crippen LogP contribution in [0, 0.1) is 0 Å². The molecule has 2 heterocycles. The van der Waals surface area contributed by atoms with E-state index in [0.717, 1.165) is 18.5 Å². The Bertz CT molecular complexity index is 444. The van der Waals surface area contributed by atoms with Crippen molar-refractivity contribution in [3.8, 4) is 0 Å². The number of fused-ring (bicyclic) bond motifs is 1. The van der Waals surface area contributed by atoms with Crippen LogP contribution in [0.4, 0.5) is 0 Å². The average Bonchev–Trinajstić information content (AvgIpc) is 2.83. The Morgan fingerprint density at radius 3 is 3.25 bits per heavy atom. The molecular formula is C11H14N2O3. The molecule has 0 saturated carbocycles. The second-order valence-corrected chi connectivity index (χ2v) is 3.47. The van der Waals surface area contributed by atoms with Gasteiger partial charge in [-0.3, -0.25) is 0 Å². The van der Waals surface area contributed by atoms with Crippen molar-refractivity contribution < 1.29 is 13.9 Å². The molecule has 2 rings (SSSR count). The number of rotatable bonds is 5. The maximum Gasteiger partial charge on any atom is 0.354 e. The molecule has 86 valence electrons. The Hall–Kier alpha value is -1.75. The Kier molecular flexibility index (Phi) is 3.26. The molecule has 5 nitrogen and oxygen atoms in total. The van der Waals surface area contributed by atoms with Crippen molar-refractivity contribution >= 4 is 17.1 Å². The molecule has 0 aromatic carbocycles. The largest absolute Gasteiger partial charge is 0.463 e. The minimum absolute atomic E-state index is 0.345. The minimum Gasteiger partial charge on any atom is -0.463 e. The monoisotopic (exact) mass is 222 g/mol. The van der Waals surface area contributed by atoms with Gasteiger partial charge in [0.15, 0.2) is 5.58 Å². The van der Waals surface area contributed by atoms with Gasteiger partial charge in [-0.05, 0) is 20.0 Å². The van der Waals surface area contributed by atoms with Crippen molar-refractivity contribution in [2.24, 2.45) is 0 Å². The van der Waals surface area contributed by atoms with E-state index in [4.69, 9.17) is 9.15 Å². The van der Waals surface area contributed by atoms with Crippen molar-refractivity contribution in [3.05, 3.63) is 24.1 Å². The van der Waals surface area contributed by atoms with Crippen molar-refractivity contribution in [1.82, 2.24) is 10.3 Å². The van der Waals surface area contributed by atoms with E-state index in [1.807, 2.05) is 7.05 Å². The van der Waals surface area contributed by atoms with Gasteiger partial charge in [-0.1, -0.05) is 0 Å². The zero-order chi connectivity index (χ0) is 11.4. The number of hydrogen-bond acceptors (Lipinski definition) is 4. The predicted molar refractivity (Wildman–Crippen MR) is 59.4 cm³/mol.